The average molecular weight is 540 g/mol. The van der Waals surface area contributed by atoms with Crippen LogP contribution in [0.1, 0.15) is 12.5 Å². The van der Waals surface area contributed by atoms with Crippen LogP contribution in [-0.4, -0.2) is 74.9 Å². The molecule has 0 saturated heterocycles. The fourth-order valence-corrected chi connectivity index (χ4v) is 6.74. The highest BCUT2D eigenvalue weighted by atomic mass is 32.2. The van der Waals surface area contributed by atoms with E-state index in [1.54, 1.807) is 17.6 Å². The lowest BCUT2D eigenvalue weighted by atomic mass is 10.00. The molecule has 1 heterocycles. The van der Waals surface area contributed by atoms with E-state index in [-0.39, 0.29) is 23.6 Å². The van der Waals surface area contributed by atoms with Crippen LogP contribution in [0.15, 0.2) is 58.9 Å². The summed E-state index contributed by atoms with van der Waals surface area (Å²) < 4.78 is 51.3. The molecule has 12 heteroatoms. The van der Waals surface area contributed by atoms with Crippen LogP contribution < -0.4 is 5.32 Å². The van der Waals surface area contributed by atoms with Crippen LogP contribution >= 0.6 is 11.3 Å². The third-order valence-electron chi connectivity index (χ3n) is 5.55. The number of rotatable bonds is 11. The molecular formula is C23H29N3O6S3. The third-order valence-corrected chi connectivity index (χ3v) is 9.26. The van der Waals surface area contributed by atoms with Crippen LogP contribution in [0.3, 0.4) is 0 Å². The highest BCUT2D eigenvalue weighted by Gasteiger charge is 2.30. The van der Waals surface area contributed by atoms with Crippen molar-refractivity contribution in [1.29, 1.82) is 0 Å². The Bertz CT molecular complexity index is 1370. The van der Waals surface area contributed by atoms with Gasteiger partial charge in [0, 0.05) is 25.8 Å². The van der Waals surface area contributed by atoms with E-state index in [0.29, 0.717) is 5.52 Å². The number of carbonyl (C=O) groups is 1. The molecule has 1 aromatic heterocycles. The summed E-state index contributed by atoms with van der Waals surface area (Å²) in [5, 5.41) is 13.7. The normalized spacial score (nSPS) is 15.1. The van der Waals surface area contributed by atoms with Crippen molar-refractivity contribution < 1.29 is 26.7 Å². The molecule has 1 amide bonds. The summed E-state index contributed by atoms with van der Waals surface area (Å²) in [4.78, 5) is 16.9. The number of carbonyl (C=O) groups excluding carboxylic acids is 1. The summed E-state index contributed by atoms with van der Waals surface area (Å²) in [6.07, 6.45) is 0.0350. The maximum atomic E-state index is 13.1. The van der Waals surface area contributed by atoms with E-state index in [2.05, 4.69) is 10.3 Å². The number of benzene rings is 2. The molecule has 3 atom stereocenters. The molecule has 0 saturated carbocycles. The molecule has 2 N–H and O–H groups in total. The highest BCUT2D eigenvalue weighted by molar-refractivity contribution is 7.90. The number of hydrogen-bond acceptors (Lipinski definition) is 8. The van der Waals surface area contributed by atoms with Gasteiger partial charge in [-0.15, -0.1) is 11.3 Å². The first kappa shape index (κ1) is 27.2. The number of aliphatic hydroxyl groups is 1. The fraction of sp³-hybridized carbons (Fsp3) is 0.391. The topological polar surface area (TPSA) is 134 Å². The first-order valence-electron chi connectivity index (χ1n) is 10.9. The number of sulfonamides is 1. The summed E-state index contributed by atoms with van der Waals surface area (Å²) >= 11 is 1.33. The average Bonchev–Trinajstić information content (AvgIpc) is 3.26. The maximum Gasteiger partial charge on any atom is 0.242 e. The lowest BCUT2D eigenvalue weighted by molar-refractivity contribution is -0.125. The van der Waals surface area contributed by atoms with E-state index in [9.17, 15) is 26.7 Å². The van der Waals surface area contributed by atoms with Crippen LogP contribution in [0.25, 0.3) is 10.2 Å². The molecular weight excluding hydrogens is 510 g/mol. The Morgan fingerprint density at radius 2 is 1.83 bits per heavy atom. The lowest BCUT2D eigenvalue weighted by Crippen LogP contribution is -2.51. The van der Waals surface area contributed by atoms with Gasteiger partial charge in [0.2, 0.25) is 15.9 Å². The molecule has 3 aromatic rings. The number of fused-ring (bicyclic) bond motifs is 1. The largest absolute Gasteiger partial charge is 0.390 e. The summed E-state index contributed by atoms with van der Waals surface area (Å²) in [5.74, 6) is -1.69. The Balaban J connectivity index is 1.78. The van der Waals surface area contributed by atoms with Gasteiger partial charge in [-0.3, -0.25) is 4.79 Å². The predicted molar refractivity (Wildman–Crippen MR) is 136 cm³/mol. The molecule has 0 unspecified atom stereocenters. The second-order valence-electron chi connectivity index (χ2n) is 8.63. The molecule has 0 spiro atoms. The number of nitrogens with zero attached hydrogens (tertiary/aromatic N) is 2. The number of nitrogens with one attached hydrogen (secondary N) is 1. The van der Waals surface area contributed by atoms with Crippen molar-refractivity contribution >= 4 is 47.3 Å². The first-order valence-corrected chi connectivity index (χ1v) is 15.2. The second-order valence-corrected chi connectivity index (χ2v) is 13.7. The van der Waals surface area contributed by atoms with E-state index in [0.717, 1.165) is 20.8 Å². The predicted octanol–water partition coefficient (Wildman–Crippen LogP) is 1.69. The highest BCUT2D eigenvalue weighted by Crippen LogP contribution is 2.24. The van der Waals surface area contributed by atoms with E-state index >= 15 is 0 Å². The lowest BCUT2D eigenvalue weighted by Gasteiger charge is -2.29. The summed E-state index contributed by atoms with van der Waals surface area (Å²) in [7, 11) is -5.93. The molecule has 0 aliphatic heterocycles. The molecule has 0 fully saturated rings. The monoisotopic (exact) mass is 539 g/mol. The van der Waals surface area contributed by atoms with Crippen molar-refractivity contribution in [2.24, 2.45) is 5.92 Å². The van der Waals surface area contributed by atoms with Gasteiger partial charge in [-0.1, -0.05) is 37.3 Å². The van der Waals surface area contributed by atoms with Gasteiger partial charge in [-0.05, 0) is 30.2 Å². The third kappa shape index (κ3) is 7.31. The number of aliphatic hydroxyl groups excluding tert-OH is 1. The minimum absolute atomic E-state index is 0.0781. The van der Waals surface area contributed by atoms with Gasteiger partial charge in [-0.2, -0.15) is 4.31 Å². The number of thiazole rings is 1. The van der Waals surface area contributed by atoms with Crippen molar-refractivity contribution in [1.82, 2.24) is 14.6 Å². The minimum Gasteiger partial charge on any atom is -0.390 e. The Labute approximate surface area is 209 Å². The molecule has 0 aliphatic rings. The molecule has 2 aromatic carbocycles. The Morgan fingerprint density at radius 1 is 1.14 bits per heavy atom. The molecule has 190 valence electrons. The maximum absolute atomic E-state index is 13.1. The first-order chi connectivity index (χ1) is 16.4. The number of amides is 1. The minimum atomic E-state index is -3.92. The van der Waals surface area contributed by atoms with Crippen LogP contribution in [0.2, 0.25) is 0 Å². The Kier molecular flexibility index (Phi) is 8.65. The summed E-state index contributed by atoms with van der Waals surface area (Å²) in [6, 6.07) is 12.9. The standard InChI is InChI=1S/C23H29N3O6S3/c1-16(14-34(3,29)30)23(28)25-20(11-17-7-5-4-6-8-17)21(27)13-26(2)35(31,32)18-9-10-19-22(12-18)33-15-24-19/h4-10,12,15-16,20-21,27H,11,13-14H2,1-3H3,(H,25,28)/t16-,20+,21-/m1/s1. The molecule has 0 bridgehead atoms. The Hall–Kier alpha value is -2.38. The molecule has 35 heavy (non-hydrogen) atoms. The fourth-order valence-electron chi connectivity index (χ4n) is 3.67. The van der Waals surface area contributed by atoms with Crippen LogP contribution in [0.4, 0.5) is 0 Å². The SMILES string of the molecule is C[C@H](CS(C)(=O)=O)C(=O)N[C@@H](Cc1ccccc1)[C@H](O)CN(C)S(=O)(=O)c1ccc2ncsc2c1. The molecule has 9 nitrogen and oxygen atoms in total. The van der Waals surface area contributed by atoms with E-state index in [4.69, 9.17) is 0 Å². The summed E-state index contributed by atoms with van der Waals surface area (Å²) in [5.41, 5.74) is 3.16. The zero-order valence-corrected chi connectivity index (χ0v) is 22.1. The van der Waals surface area contributed by atoms with Gasteiger partial charge in [0.25, 0.3) is 0 Å². The zero-order valence-electron chi connectivity index (χ0n) is 19.7. The van der Waals surface area contributed by atoms with Gasteiger partial charge in [0.1, 0.15) is 9.84 Å². The molecule has 0 aliphatic carbocycles. The number of likely N-dealkylation sites (N-methyl/N-ethyl adjacent to an activating group) is 1. The van der Waals surface area contributed by atoms with Crippen LogP contribution in [0, 0.1) is 5.92 Å². The van der Waals surface area contributed by atoms with Crippen LogP contribution in [0.5, 0.6) is 0 Å². The van der Waals surface area contributed by atoms with Gasteiger partial charge < -0.3 is 10.4 Å². The van der Waals surface area contributed by atoms with Gasteiger partial charge in [-0.25, -0.2) is 21.8 Å². The van der Waals surface area contributed by atoms with Crippen molar-refractivity contribution in [2.45, 2.75) is 30.4 Å². The smallest absolute Gasteiger partial charge is 0.242 e. The second kappa shape index (κ2) is 11.1. The quantitative estimate of drug-likeness (QED) is 0.379. The van der Waals surface area contributed by atoms with Crippen molar-refractivity contribution in [3.05, 3.63) is 59.6 Å². The number of aromatic nitrogens is 1. The van der Waals surface area contributed by atoms with Gasteiger partial charge in [0.05, 0.1) is 38.5 Å². The van der Waals surface area contributed by atoms with Gasteiger partial charge >= 0.3 is 0 Å². The van der Waals surface area contributed by atoms with Crippen molar-refractivity contribution in [3.8, 4) is 0 Å². The van der Waals surface area contributed by atoms with Gasteiger partial charge in [0.15, 0.2) is 0 Å². The summed E-state index contributed by atoms with van der Waals surface area (Å²) in [6.45, 7) is 1.22. The van der Waals surface area contributed by atoms with Crippen molar-refractivity contribution in [2.75, 3.05) is 25.6 Å². The van der Waals surface area contributed by atoms with E-state index in [1.807, 2.05) is 30.3 Å². The van der Waals surface area contributed by atoms with E-state index in [1.165, 1.54) is 31.4 Å². The van der Waals surface area contributed by atoms with E-state index < -0.39 is 43.8 Å². The number of sulfone groups is 1. The Morgan fingerprint density at radius 3 is 2.49 bits per heavy atom. The molecule has 0 radical (unpaired) electrons. The van der Waals surface area contributed by atoms with Crippen LogP contribution in [-0.2, 0) is 31.1 Å². The van der Waals surface area contributed by atoms with Crippen molar-refractivity contribution in [3.63, 3.8) is 0 Å². The molecule has 3 rings (SSSR count). The number of hydrogen-bond donors (Lipinski definition) is 2. The zero-order chi connectivity index (χ0) is 25.8.